The molecule has 5 unspecified atom stereocenters. The molecule has 0 heterocycles. The van der Waals surface area contributed by atoms with Crippen molar-refractivity contribution in [2.24, 2.45) is 34.5 Å². The number of allylic oxidation sites excluding steroid dienone is 4. The van der Waals surface area contributed by atoms with E-state index in [4.69, 9.17) is 5.26 Å². The number of hydrogen-bond acceptors (Lipinski definition) is 1. The molecule has 0 bridgehead atoms. The number of nitriles is 1. The van der Waals surface area contributed by atoms with Crippen LogP contribution in [-0.4, -0.2) is 0 Å². The Labute approximate surface area is 141 Å². The summed E-state index contributed by atoms with van der Waals surface area (Å²) in [4.78, 5) is 0. The van der Waals surface area contributed by atoms with Gasteiger partial charge in [0.25, 0.3) is 0 Å². The highest BCUT2D eigenvalue weighted by atomic mass is 14.6. The van der Waals surface area contributed by atoms with E-state index >= 15 is 0 Å². The van der Waals surface area contributed by atoms with Crippen molar-refractivity contribution in [3.63, 3.8) is 0 Å². The summed E-state index contributed by atoms with van der Waals surface area (Å²) in [6.07, 6.45) is 15.2. The summed E-state index contributed by atoms with van der Waals surface area (Å²) < 4.78 is 0. The molecule has 4 aliphatic carbocycles. The molecule has 0 aromatic rings. The van der Waals surface area contributed by atoms with Crippen LogP contribution in [0, 0.1) is 45.8 Å². The fourth-order valence-electron chi connectivity index (χ4n) is 7.01. The van der Waals surface area contributed by atoms with Gasteiger partial charge >= 0.3 is 0 Å². The Morgan fingerprint density at radius 2 is 1.87 bits per heavy atom. The Morgan fingerprint density at radius 3 is 2.65 bits per heavy atom. The highest BCUT2D eigenvalue weighted by Gasteiger charge is 2.56. The van der Waals surface area contributed by atoms with E-state index in [9.17, 15) is 0 Å². The zero-order valence-electron chi connectivity index (χ0n) is 15.1. The predicted molar refractivity (Wildman–Crippen MR) is 94.6 cm³/mol. The van der Waals surface area contributed by atoms with E-state index in [-0.39, 0.29) is 0 Å². The van der Waals surface area contributed by atoms with Gasteiger partial charge in [-0.15, -0.1) is 0 Å². The van der Waals surface area contributed by atoms with Gasteiger partial charge < -0.3 is 0 Å². The van der Waals surface area contributed by atoms with Crippen molar-refractivity contribution in [3.8, 4) is 6.07 Å². The van der Waals surface area contributed by atoms with Crippen LogP contribution < -0.4 is 0 Å². The summed E-state index contributed by atoms with van der Waals surface area (Å²) >= 11 is 0. The fraction of sp³-hybridized carbons (Fsp3) is 0.773. The summed E-state index contributed by atoms with van der Waals surface area (Å²) in [5.41, 5.74) is 4.06. The topological polar surface area (TPSA) is 23.8 Å². The molecule has 0 aromatic heterocycles. The minimum absolute atomic E-state index is 0.320. The van der Waals surface area contributed by atoms with Crippen molar-refractivity contribution in [1.82, 2.24) is 0 Å². The van der Waals surface area contributed by atoms with Crippen LogP contribution in [0.15, 0.2) is 23.3 Å². The number of nitrogens with zero attached hydrogens (tertiary/aromatic N) is 1. The van der Waals surface area contributed by atoms with Crippen molar-refractivity contribution >= 4 is 0 Å². The van der Waals surface area contributed by atoms with Crippen LogP contribution >= 0.6 is 0 Å². The molecular weight excluding hydrogens is 278 g/mol. The van der Waals surface area contributed by atoms with Gasteiger partial charge in [0.15, 0.2) is 0 Å². The molecule has 0 aliphatic heterocycles. The lowest BCUT2D eigenvalue weighted by molar-refractivity contribution is -0.0173. The first-order chi connectivity index (χ1) is 11.0. The quantitative estimate of drug-likeness (QED) is 0.395. The average molecular weight is 309 g/mol. The molecule has 3 saturated carbocycles. The van der Waals surface area contributed by atoms with E-state index in [1.165, 1.54) is 56.9 Å². The Morgan fingerprint density at radius 1 is 1.13 bits per heavy atom. The van der Waals surface area contributed by atoms with Crippen molar-refractivity contribution in [2.75, 3.05) is 0 Å². The first-order valence-corrected chi connectivity index (χ1v) is 9.77. The molecule has 1 heteroatoms. The predicted octanol–water partition coefficient (Wildman–Crippen LogP) is 6.04. The van der Waals surface area contributed by atoms with E-state index in [2.05, 4.69) is 32.9 Å². The van der Waals surface area contributed by atoms with Gasteiger partial charge in [-0.2, -0.15) is 5.26 Å². The van der Waals surface area contributed by atoms with Crippen LogP contribution in [0.25, 0.3) is 0 Å². The van der Waals surface area contributed by atoms with Gasteiger partial charge in [-0.1, -0.05) is 38.0 Å². The number of rotatable bonds is 0. The summed E-state index contributed by atoms with van der Waals surface area (Å²) in [6, 6.07) is 2.32. The smallest absolute Gasteiger partial charge is 0.0911 e. The maximum absolute atomic E-state index is 9.15. The third-order valence-corrected chi connectivity index (χ3v) is 8.44. The maximum Gasteiger partial charge on any atom is 0.0911 e. The molecule has 0 spiro atoms. The Balaban J connectivity index is 1.68. The van der Waals surface area contributed by atoms with Crippen LogP contribution in [0.4, 0.5) is 0 Å². The average Bonchev–Trinajstić information content (AvgIpc) is 2.85. The minimum Gasteiger partial charge on any atom is -0.193 e. The molecule has 4 rings (SSSR count). The second-order valence-corrected chi connectivity index (χ2v) is 9.40. The van der Waals surface area contributed by atoms with E-state index in [1.54, 1.807) is 5.57 Å². The summed E-state index contributed by atoms with van der Waals surface area (Å²) in [7, 11) is 0. The van der Waals surface area contributed by atoms with Crippen molar-refractivity contribution in [2.45, 2.75) is 72.1 Å². The summed E-state index contributed by atoms with van der Waals surface area (Å²) in [6.45, 7) is 7.49. The zero-order chi connectivity index (χ0) is 16.2. The second kappa shape index (κ2) is 5.23. The van der Waals surface area contributed by atoms with Crippen LogP contribution in [-0.2, 0) is 0 Å². The standard InChI is InChI=1S/C22H31N/c1-15-8-11-22(3)17(14-15)4-6-18-19-7-5-16(10-13-23)21(19,2)12-9-20(18)22/h4,10,15,18-20H,5-9,11-12,14H2,1-3H3/b16-10-/t15-,18?,19?,20?,21?,22?/m0/s1. The lowest BCUT2D eigenvalue weighted by Gasteiger charge is -2.57. The molecule has 23 heavy (non-hydrogen) atoms. The molecule has 4 aliphatic rings. The fourth-order valence-corrected chi connectivity index (χ4v) is 7.01. The largest absolute Gasteiger partial charge is 0.193 e. The molecule has 0 N–H and O–H groups in total. The molecule has 124 valence electrons. The monoisotopic (exact) mass is 309 g/mol. The van der Waals surface area contributed by atoms with Gasteiger partial charge in [0.2, 0.25) is 0 Å². The number of fused-ring (bicyclic) bond motifs is 5. The highest BCUT2D eigenvalue weighted by Crippen LogP contribution is 2.66. The summed E-state index contributed by atoms with van der Waals surface area (Å²) in [5, 5.41) is 9.15. The second-order valence-electron chi connectivity index (χ2n) is 9.40. The van der Waals surface area contributed by atoms with Gasteiger partial charge in [0.1, 0.15) is 0 Å². The van der Waals surface area contributed by atoms with E-state index < -0.39 is 0 Å². The lowest BCUT2D eigenvalue weighted by atomic mass is 9.47. The van der Waals surface area contributed by atoms with Crippen molar-refractivity contribution in [1.29, 1.82) is 5.26 Å². The third kappa shape index (κ3) is 2.10. The molecular formula is C22H31N. The van der Waals surface area contributed by atoms with Crippen LogP contribution in [0.2, 0.25) is 0 Å². The normalized spacial score (nSPS) is 50.5. The Kier molecular flexibility index (Phi) is 3.53. The van der Waals surface area contributed by atoms with Gasteiger partial charge in [0.05, 0.1) is 6.07 Å². The zero-order valence-corrected chi connectivity index (χ0v) is 15.1. The van der Waals surface area contributed by atoms with E-state index in [1.807, 2.05) is 6.08 Å². The van der Waals surface area contributed by atoms with Gasteiger partial charge in [-0.3, -0.25) is 0 Å². The lowest BCUT2D eigenvalue weighted by Crippen LogP contribution is -2.49. The Hall–Kier alpha value is -1.03. The summed E-state index contributed by atoms with van der Waals surface area (Å²) in [5.74, 6) is 3.46. The molecule has 0 saturated heterocycles. The van der Waals surface area contributed by atoms with E-state index in [0.717, 1.165) is 23.7 Å². The first kappa shape index (κ1) is 15.5. The molecule has 0 amide bonds. The van der Waals surface area contributed by atoms with Crippen LogP contribution in [0.3, 0.4) is 0 Å². The molecule has 1 nitrogen and oxygen atoms in total. The number of hydrogen-bond donors (Lipinski definition) is 0. The van der Waals surface area contributed by atoms with Crippen LogP contribution in [0.5, 0.6) is 0 Å². The van der Waals surface area contributed by atoms with Crippen molar-refractivity contribution < 1.29 is 0 Å². The van der Waals surface area contributed by atoms with E-state index in [0.29, 0.717) is 10.8 Å². The molecule has 0 radical (unpaired) electrons. The third-order valence-electron chi connectivity index (χ3n) is 8.44. The highest BCUT2D eigenvalue weighted by molar-refractivity contribution is 5.31. The van der Waals surface area contributed by atoms with Gasteiger partial charge in [-0.05, 0) is 85.9 Å². The van der Waals surface area contributed by atoms with Gasteiger partial charge in [-0.25, -0.2) is 0 Å². The van der Waals surface area contributed by atoms with Crippen molar-refractivity contribution in [3.05, 3.63) is 23.3 Å². The first-order valence-electron chi connectivity index (χ1n) is 9.77. The molecule has 6 atom stereocenters. The minimum atomic E-state index is 0.320. The molecule has 0 aromatic carbocycles. The van der Waals surface area contributed by atoms with Crippen LogP contribution in [0.1, 0.15) is 72.1 Å². The Bertz CT molecular complexity index is 606. The maximum atomic E-state index is 9.15. The molecule has 3 fully saturated rings. The SMILES string of the molecule is C[C@H]1CCC2(C)C(=CCC3C2CCC2(C)/C(=C\C#N)CCC32)C1. The van der Waals surface area contributed by atoms with Gasteiger partial charge in [0, 0.05) is 6.08 Å².